The Balaban J connectivity index is 2.46. The number of phenols is 2. The fourth-order valence-electron chi connectivity index (χ4n) is 2.83. The van der Waals surface area contributed by atoms with Crippen molar-refractivity contribution in [2.75, 3.05) is 28.4 Å². The smallest absolute Gasteiger partial charge is 0.239 e. The summed E-state index contributed by atoms with van der Waals surface area (Å²) in [5, 5.41) is 20.0. The van der Waals surface area contributed by atoms with E-state index in [1.807, 2.05) is 0 Å². The van der Waals surface area contributed by atoms with Gasteiger partial charge >= 0.3 is 0 Å². The van der Waals surface area contributed by atoms with Gasteiger partial charge in [-0.3, -0.25) is 4.79 Å². The van der Waals surface area contributed by atoms with Crippen molar-refractivity contribution in [1.82, 2.24) is 0 Å². The Morgan fingerprint density at radius 2 is 1.48 bits per heavy atom. The normalized spacial score (nSPS) is 10.7. The second kappa shape index (κ2) is 6.99. The Labute approximate surface area is 154 Å². The van der Waals surface area contributed by atoms with Crippen LogP contribution in [0.1, 0.15) is 0 Å². The molecule has 0 spiro atoms. The zero-order valence-electron chi connectivity index (χ0n) is 15.2. The van der Waals surface area contributed by atoms with E-state index in [0.29, 0.717) is 5.56 Å². The predicted octanol–water partition coefficient (Wildman–Crippen LogP) is 2.91. The molecule has 3 aromatic rings. The molecule has 0 atom stereocenters. The summed E-state index contributed by atoms with van der Waals surface area (Å²) < 4.78 is 26.7. The lowest BCUT2D eigenvalue weighted by Gasteiger charge is -2.14. The largest absolute Gasteiger partial charge is 0.504 e. The van der Waals surface area contributed by atoms with Crippen LogP contribution >= 0.6 is 0 Å². The highest BCUT2D eigenvalue weighted by atomic mass is 16.5. The van der Waals surface area contributed by atoms with Crippen LogP contribution in [-0.4, -0.2) is 38.7 Å². The molecular weight excluding hydrogens is 356 g/mol. The number of phenolic OH excluding ortho intramolecular Hbond substituents is 2. The number of methoxy groups -OCH3 is 4. The van der Waals surface area contributed by atoms with E-state index < -0.39 is 5.43 Å². The van der Waals surface area contributed by atoms with Gasteiger partial charge in [0.2, 0.25) is 16.9 Å². The highest BCUT2D eigenvalue weighted by molar-refractivity contribution is 5.93. The molecule has 0 bridgehead atoms. The molecule has 2 N–H and O–H groups in total. The summed E-state index contributed by atoms with van der Waals surface area (Å²) in [6.07, 6.45) is 0. The topological polar surface area (TPSA) is 108 Å². The molecule has 27 heavy (non-hydrogen) atoms. The average molecular weight is 374 g/mol. The molecule has 8 nitrogen and oxygen atoms in total. The molecular formula is C19H18O8. The van der Waals surface area contributed by atoms with Crippen LogP contribution in [0.4, 0.5) is 0 Å². The minimum absolute atomic E-state index is 0.00203. The van der Waals surface area contributed by atoms with E-state index in [4.69, 9.17) is 23.4 Å². The van der Waals surface area contributed by atoms with E-state index in [-0.39, 0.29) is 51.2 Å². The molecule has 0 unspecified atom stereocenters. The number of rotatable bonds is 5. The number of aromatic hydroxyl groups is 2. The van der Waals surface area contributed by atoms with Crippen LogP contribution in [0.3, 0.4) is 0 Å². The molecule has 1 heterocycles. The minimum Gasteiger partial charge on any atom is -0.504 e. The molecule has 0 radical (unpaired) electrons. The lowest BCUT2D eigenvalue weighted by Crippen LogP contribution is -2.09. The summed E-state index contributed by atoms with van der Waals surface area (Å²) in [5.41, 5.74) is -0.0806. The quantitative estimate of drug-likeness (QED) is 0.702. The van der Waals surface area contributed by atoms with Crippen LogP contribution in [0.2, 0.25) is 0 Å². The maximum atomic E-state index is 13.1. The highest BCUT2D eigenvalue weighted by Gasteiger charge is 2.25. The third-order valence-corrected chi connectivity index (χ3v) is 4.09. The summed E-state index contributed by atoms with van der Waals surface area (Å²) in [7, 11) is 5.45. The molecule has 0 saturated heterocycles. The van der Waals surface area contributed by atoms with Gasteiger partial charge in [0, 0.05) is 11.6 Å². The van der Waals surface area contributed by atoms with Gasteiger partial charge in [-0.05, 0) is 18.2 Å². The van der Waals surface area contributed by atoms with Crippen LogP contribution < -0.4 is 24.4 Å². The predicted molar refractivity (Wildman–Crippen MR) is 97.5 cm³/mol. The molecule has 3 rings (SSSR count). The van der Waals surface area contributed by atoms with Crippen LogP contribution in [0.15, 0.2) is 33.5 Å². The van der Waals surface area contributed by atoms with Crippen molar-refractivity contribution in [1.29, 1.82) is 0 Å². The van der Waals surface area contributed by atoms with Crippen molar-refractivity contribution in [3.8, 4) is 45.8 Å². The number of ether oxygens (including phenoxy) is 4. The summed E-state index contributed by atoms with van der Waals surface area (Å²) in [5.74, 6) is -0.00863. The second-order valence-corrected chi connectivity index (χ2v) is 5.52. The summed E-state index contributed by atoms with van der Waals surface area (Å²) >= 11 is 0. The average Bonchev–Trinajstić information content (AvgIpc) is 2.67. The van der Waals surface area contributed by atoms with E-state index >= 15 is 0 Å². The lowest BCUT2D eigenvalue weighted by atomic mass is 10.1. The Hall–Kier alpha value is -3.55. The first-order valence-corrected chi connectivity index (χ1v) is 7.82. The van der Waals surface area contributed by atoms with Crippen molar-refractivity contribution in [3.05, 3.63) is 34.5 Å². The zero-order valence-corrected chi connectivity index (χ0v) is 15.2. The van der Waals surface area contributed by atoms with Gasteiger partial charge in [-0.1, -0.05) is 0 Å². The highest BCUT2D eigenvalue weighted by Crippen LogP contribution is 2.43. The van der Waals surface area contributed by atoms with Gasteiger partial charge in [0.05, 0.1) is 28.4 Å². The molecule has 0 fully saturated rings. The number of hydrogen-bond donors (Lipinski definition) is 2. The van der Waals surface area contributed by atoms with Crippen molar-refractivity contribution >= 4 is 11.0 Å². The molecule has 0 aliphatic carbocycles. The van der Waals surface area contributed by atoms with Gasteiger partial charge in [0.25, 0.3) is 0 Å². The molecule has 1 aromatic heterocycles. The molecule has 0 aliphatic heterocycles. The molecule has 0 amide bonds. The van der Waals surface area contributed by atoms with Crippen LogP contribution in [0.5, 0.6) is 34.5 Å². The number of fused-ring (bicyclic) bond motifs is 1. The Kier molecular flexibility index (Phi) is 4.72. The zero-order chi connectivity index (χ0) is 19.7. The first kappa shape index (κ1) is 18.2. The van der Waals surface area contributed by atoms with Gasteiger partial charge in [-0.15, -0.1) is 0 Å². The third kappa shape index (κ3) is 2.84. The van der Waals surface area contributed by atoms with Gasteiger partial charge in [0.1, 0.15) is 11.1 Å². The SMILES string of the molecule is COc1cc(-c2oc3c(OC)c(O)cc(OC)c3c(=O)c2OC)ccc1O. The van der Waals surface area contributed by atoms with Crippen molar-refractivity contribution in [3.63, 3.8) is 0 Å². The number of benzene rings is 2. The van der Waals surface area contributed by atoms with E-state index in [0.717, 1.165) is 0 Å². The van der Waals surface area contributed by atoms with Gasteiger partial charge in [0.15, 0.2) is 28.6 Å². The Bertz CT molecular complexity index is 1070. The van der Waals surface area contributed by atoms with E-state index in [2.05, 4.69) is 0 Å². The van der Waals surface area contributed by atoms with Crippen LogP contribution in [0.25, 0.3) is 22.3 Å². The number of hydrogen-bond acceptors (Lipinski definition) is 8. The Morgan fingerprint density at radius 1 is 0.815 bits per heavy atom. The second-order valence-electron chi connectivity index (χ2n) is 5.52. The van der Waals surface area contributed by atoms with Crippen molar-refractivity contribution in [2.45, 2.75) is 0 Å². The van der Waals surface area contributed by atoms with Crippen LogP contribution in [-0.2, 0) is 0 Å². The van der Waals surface area contributed by atoms with E-state index in [9.17, 15) is 15.0 Å². The lowest BCUT2D eigenvalue weighted by molar-refractivity contribution is 0.360. The molecule has 0 aliphatic rings. The monoisotopic (exact) mass is 374 g/mol. The molecule has 0 saturated carbocycles. The first-order valence-electron chi connectivity index (χ1n) is 7.82. The van der Waals surface area contributed by atoms with Gasteiger partial charge in [-0.25, -0.2) is 0 Å². The molecule has 142 valence electrons. The molecule has 2 aromatic carbocycles. The van der Waals surface area contributed by atoms with Gasteiger partial charge in [-0.2, -0.15) is 0 Å². The van der Waals surface area contributed by atoms with Crippen LogP contribution in [0, 0.1) is 0 Å². The fourth-order valence-corrected chi connectivity index (χ4v) is 2.83. The standard InChI is InChI=1S/C19H18O8/c1-23-12-7-9(5-6-10(12)20)16-19(26-4)15(22)14-13(24-2)8-11(21)17(25-3)18(14)27-16/h5-8,20-21H,1-4H3. The first-order chi connectivity index (χ1) is 13.0. The maximum absolute atomic E-state index is 13.1. The van der Waals surface area contributed by atoms with Crippen molar-refractivity contribution in [2.24, 2.45) is 0 Å². The fraction of sp³-hybridized carbons (Fsp3) is 0.211. The Morgan fingerprint density at radius 3 is 2.07 bits per heavy atom. The maximum Gasteiger partial charge on any atom is 0.239 e. The summed E-state index contributed by atoms with van der Waals surface area (Å²) in [6, 6.07) is 5.70. The summed E-state index contributed by atoms with van der Waals surface area (Å²) in [4.78, 5) is 13.1. The van der Waals surface area contributed by atoms with Crippen molar-refractivity contribution < 1.29 is 33.6 Å². The van der Waals surface area contributed by atoms with Gasteiger partial charge < -0.3 is 33.6 Å². The molecule has 8 heteroatoms. The van der Waals surface area contributed by atoms with E-state index in [1.54, 1.807) is 0 Å². The summed E-state index contributed by atoms with van der Waals surface area (Å²) in [6.45, 7) is 0. The minimum atomic E-state index is -0.504. The van der Waals surface area contributed by atoms with E-state index in [1.165, 1.54) is 52.7 Å². The third-order valence-electron chi connectivity index (χ3n) is 4.09.